The molecule has 0 saturated heterocycles. The summed E-state index contributed by atoms with van der Waals surface area (Å²) in [6, 6.07) is 1.25. The first-order valence-corrected chi connectivity index (χ1v) is 6.33. The molecule has 3 nitrogen and oxygen atoms in total. The molecule has 0 spiro atoms. The number of amides is 1. The van der Waals surface area contributed by atoms with E-state index in [-0.39, 0.29) is 39.8 Å². The molecule has 1 heterocycles. The molecule has 0 aliphatic carbocycles. The topological polar surface area (TPSA) is 42.0 Å². The lowest BCUT2D eigenvalue weighted by Gasteiger charge is -2.08. The smallest absolute Gasteiger partial charge is 0.351 e. The van der Waals surface area contributed by atoms with Gasteiger partial charge in [0, 0.05) is 18.5 Å². The van der Waals surface area contributed by atoms with Crippen LogP contribution in [0.5, 0.6) is 0 Å². The highest BCUT2D eigenvalue weighted by Crippen LogP contribution is 2.29. The number of hydrogen-bond acceptors (Lipinski definition) is 3. The number of nitrogens with one attached hydrogen (secondary N) is 1. The van der Waals surface area contributed by atoms with Gasteiger partial charge in [-0.1, -0.05) is 23.2 Å². The molecule has 0 aromatic carbocycles. The third-order valence-electron chi connectivity index (χ3n) is 1.72. The highest BCUT2D eigenvalue weighted by molar-refractivity contribution is 8.00. The van der Waals surface area contributed by atoms with Gasteiger partial charge in [-0.2, -0.15) is 13.2 Å². The summed E-state index contributed by atoms with van der Waals surface area (Å²) in [6.07, 6.45) is 1.20. The Balaban J connectivity index is 2.48. The molecule has 0 radical (unpaired) electrons. The first kappa shape index (κ1) is 15.4. The van der Waals surface area contributed by atoms with Crippen LogP contribution in [-0.4, -0.2) is 28.7 Å². The summed E-state index contributed by atoms with van der Waals surface area (Å²) in [5.41, 5.74) is -4.23. The largest absolute Gasteiger partial charge is 0.441 e. The maximum absolute atomic E-state index is 11.8. The van der Waals surface area contributed by atoms with Crippen LogP contribution in [0.25, 0.3) is 0 Å². The van der Waals surface area contributed by atoms with Crippen molar-refractivity contribution < 1.29 is 18.0 Å². The molecule has 9 heteroatoms. The lowest BCUT2D eigenvalue weighted by Crippen LogP contribution is -2.26. The molecule has 0 atom stereocenters. The van der Waals surface area contributed by atoms with Crippen molar-refractivity contribution in [3.05, 3.63) is 28.0 Å². The first-order chi connectivity index (χ1) is 8.29. The molecule has 0 aliphatic heterocycles. The monoisotopic (exact) mass is 318 g/mol. The van der Waals surface area contributed by atoms with Gasteiger partial charge in [0.25, 0.3) is 5.91 Å². The van der Waals surface area contributed by atoms with Crippen LogP contribution in [0, 0.1) is 0 Å². The normalized spacial score (nSPS) is 11.4. The molecule has 0 unspecified atom stereocenters. The third kappa shape index (κ3) is 5.32. The lowest BCUT2D eigenvalue weighted by atomic mass is 10.2. The summed E-state index contributed by atoms with van der Waals surface area (Å²) >= 11 is 11.1. The van der Waals surface area contributed by atoms with Gasteiger partial charge in [0.15, 0.2) is 0 Å². The standard InChI is InChI=1S/C9H7Cl2F3N2OS/c10-6-4-16-7(11)3-5(6)8(17)15-1-2-18-9(12,13)14/h3-4H,1-2H2,(H,15,17). The molecule has 1 N–H and O–H groups in total. The number of carbonyl (C=O) groups excluding carboxylic acids is 1. The number of nitrogens with zero attached hydrogens (tertiary/aromatic N) is 1. The second-order valence-corrected chi connectivity index (χ2v) is 4.99. The highest BCUT2D eigenvalue weighted by atomic mass is 35.5. The Morgan fingerprint density at radius 2 is 2.11 bits per heavy atom. The van der Waals surface area contributed by atoms with E-state index in [2.05, 4.69) is 10.3 Å². The molecule has 0 aliphatic rings. The average Bonchev–Trinajstić information content (AvgIpc) is 2.26. The zero-order valence-electron chi connectivity index (χ0n) is 8.72. The van der Waals surface area contributed by atoms with Gasteiger partial charge >= 0.3 is 5.51 Å². The van der Waals surface area contributed by atoms with E-state index in [1.54, 1.807) is 0 Å². The Bertz CT molecular complexity index is 442. The van der Waals surface area contributed by atoms with E-state index in [1.165, 1.54) is 12.3 Å². The third-order valence-corrected chi connectivity index (χ3v) is 2.96. The van der Waals surface area contributed by atoms with Crippen molar-refractivity contribution in [1.29, 1.82) is 0 Å². The number of rotatable bonds is 4. The van der Waals surface area contributed by atoms with Gasteiger partial charge < -0.3 is 5.32 Å². The Hall–Kier alpha value is -0.660. The van der Waals surface area contributed by atoms with E-state index in [1.807, 2.05) is 0 Å². The van der Waals surface area contributed by atoms with Crippen molar-refractivity contribution in [1.82, 2.24) is 10.3 Å². The van der Waals surface area contributed by atoms with E-state index in [9.17, 15) is 18.0 Å². The number of aromatic nitrogens is 1. The number of hydrogen-bond donors (Lipinski definition) is 1. The van der Waals surface area contributed by atoms with Crippen LogP contribution < -0.4 is 5.32 Å². The van der Waals surface area contributed by atoms with Crippen molar-refractivity contribution in [3.63, 3.8) is 0 Å². The predicted octanol–water partition coefficient (Wildman–Crippen LogP) is 3.37. The van der Waals surface area contributed by atoms with Crippen LogP contribution in [0.2, 0.25) is 10.2 Å². The van der Waals surface area contributed by atoms with Gasteiger partial charge in [-0.3, -0.25) is 4.79 Å². The van der Waals surface area contributed by atoms with Crippen molar-refractivity contribution in [3.8, 4) is 0 Å². The van der Waals surface area contributed by atoms with Gasteiger partial charge in [-0.05, 0) is 17.8 Å². The minimum absolute atomic E-state index is 0.0775. The minimum atomic E-state index is -4.30. The second kappa shape index (κ2) is 6.49. The van der Waals surface area contributed by atoms with Crippen LogP contribution >= 0.6 is 35.0 Å². The fraction of sp³-hybridized carbons (Fsp3) is 0.333. The zero-order chi connectivity index (χ0) is 13.8. The summed E-state index contributed by atoms with van der Waals surface area (Å²) in [5, 5.41) is 2.47. The van der Waals surface area contributed by atoms with Gasteiger partial charge in [-0.25, -0.2) is 4.98 Å². The number of pyridine rings is 1. The minimum Gasteiger partial charge on any atom is -0.351 e. The van der Waals surface area contributed by atoms with Gasteiger partial charge in [-0.15, -0.1) is 0 Å². The molecule has 1 amide bonds. The Kier molecular flexibility index (Phi) is 5.55. The van der Waals surface area contributed by atoms with Crippen LogP contribution in [0.15, 0.2) is 12.3 Å². The molecule has 1 aromatic heterocycles. The maximum atomic E-state index is 11.8. The van der Waals surface area contributed by atoms with Crippen molar-refractivity contribution in [2.45, 2.75) is 5.51 Å². The fourth-order valence-electron chi connectivity index (χ4n) is 1.01. The van der Waals surface area contributed by atoms with E-state index < -0.39 is 11.4 Å². The summed E-state index contributed by atoms with van der Waals surface area (Å²) < 4.78 is 35.5. The molecule has 1 rings (SSSR count). The van der Waals surface area contributed by atoms with Gasteiger partial charge in [0.2, 0.25) is 0 Å². The van der Waals surface area contributed by atoms with E-state index in [4.69, 9.17) is 23.2 Å². The quantitative estimate of drug-likeness (QED) is 0.683. The van der Waals surface area contributed by atoms with Crippen LogP contribution in [-0.2, 0) is 0 Å². The molecular weight excluding hydrogens is 312 g/mol. The summed E-state index contributed by atoms with van der Waals surface area (Å²) in [6.45, 7) is -0.126. The first-order valence-electron chi connectivity index (χ1n) is 4.59. The number of halogens is 5. The molecule has 0 bridgehead atoms. The number of carbonyl (C=O) groups is 1. The molecule has 0 fully saturated rings. The zero-order valence-corrected chi connectivity index (χ0v) is 11.1. The fourth-order valence-corrected chi connectivity index (χ4v) is 1.80. The SMILES string of the molecule is O=C(NCCSC(F)(F)F)c1cc(Cl)ncc1Cl. The van der Waals surface area contributed by atoms with Crippen molar-refractivity contribution in [2.75, 3.05) is 12.3 Å². The Morgan fingerprint density at radius 1 is 1.44 bits per heavy atom. The van der Waals surface area contributed by atoms with Gasteiger partial charge in [0.1, 0.15) is 5.15 Å². The highest BCUT2D eigenvalue weighted by Gasteiger charge is 2.27. The van der Waals surface area contributed by atoms with E-state index >= 15 is 0 Å². The van der Waals surface area contributed by atoms with E-state index in [0.717, 1.165) is 0 Å². The van der Waals surface area contributed by atoms with Crippen molar-refractivity contribution in [2.24, 2.45) is 0 Å². The van der Waals surface area contributed by atoms with Crippen LogP contribution in [0.4, 0.5) is 13.2 Å². The Labute approximate surface area is 115 Å². The van der Waals surface area contributed by atoms with E-state index in [0.29, 0.717) is 0 Å². The van der Waals surface area contributed by atoms with Gasteiger partial charge in [0.05, 0.1) is 10.6 Å². The maximum Gasteiger partial charge on any atom is 0.441 e. The number of thioether (sulfide) groups is 1. The summed E-state index contributed by atoms with van der Waals surface area (Å²) in [7, 11) is 0. The Morgan fingerprint density at radius 3 is 2.72 bits per heavy atom. The van der Waals surface area contributed by atoms with Crippen LogP contribution in [0.1, 0.15) is 10.4 Å². The van der Waals surface area contributed by atoms with Crippen LogP contribution in [0.3, 0.4) is 0 Å². The molecule has 100 valence electrons. The summed E-state index contributed by atoms with van der Waals surface area (Å²) in [4.78, 5) is 15.2. The second-order valence-electron chi connectivity index (χ2n) is 3.04. The number of alkyl halides is 3. The average molecular weight is 319 g/mol. The molecular formula is C9H7Cl2F3N2OS. The molecule has 0 saturated carbocycles. The molecule has 1 aromatic rings. The lowest BCUT2D eigenvalue weighted by molar-refractivity contribution is -0.0327. The van der Waals surface area contributed by atoms with Crippen molar-refractivity contribution >= 4 is 40.9 Å². The summed E-state index contributed by atoms with van der Waals surface area (Å²) in [5.74, 6) is -0.863. The predicted molar refractivity (Wildman–Crippen MR) is 65.1 cm³/mol. The molecule has 18 heavy (non-hydrogen) atoms.